The molecule has 2 saturated heterocycles. The molecule has 0 aromatic carbocycles. The fourth-order valence-corrected chi connectivity index (χ4v) is 3.85. The lowest BCUT2D eigenvalue weighted by Gasteiger charge is -2.30. The van der Waals surface area contributed by atoms with E-state index in [0.717, 1.165) is 18.2 Å². The summed E-state index contributed by atoms with van der Waals surface area (Å²) >= 11 is 1.43. The molecule has 7 heteroatoms. The number of ether oxygens (including phenoxy) is 1. The molecule has 2 N–H and O–H groups in total. The number of morpholine rings is 1. The second kappa shape index (κ2) is 6.19. The molecule has 1 atom stereocenters. The Morgan fingerprint density at radius 2 is 2.10 bits per heavy atom. The van der Waals surface area contributed by atoms with Crippen molar-refractivity contribution in [1.82, 2.24) is 9.88 Å². The van der Waals surface area contributed by atoms with Crippen molar-refractivity contribution in [3.8, 4) is 0 Å². The molecular formula is C14H22N4O2S. The van der Waals surface area contributed by atoms with Crippen LogP contribution in [0.4, 0.5) is 10.9 Å². The largest absolute Gasteiger partial charge is 0.382 e. The monoisotopic (exact) mass is 310 g/mol. The average molecular weight is 310 g/mol. The summed E-state index contributed by atoms with van der Waals surface area (Å²) in [5.41, 5.74) is 5.98. The Kier molecular flexibility index (Phi) is 4.30. The van der Waals surface area contributed by atoms with Crippen LogP contribution in [0.5, 0.6) is 0 Å². The lowest BCUT2D eigenvalue weighted by molar-refractivity contribution is -0.0122. The van der Waals surface area contributed by atoms with Crippen molar-refractivity contribution >= 4 is 28.2 Å². The molecule has 0 bridgehead atoms. The maximum atomic E-state index is 12.6. The summed E-state index contributed by atoms with van der Waals surface area (Å²) in [5.74, 6) is 0.355. The quantitative estimate of drug-likeness (QED) is 0.898. The van der Waals surface area contributed by atoms with Gasteiger partial charge >= 0.3 is 0 Å². The van der Waals surface area contributed by atoms with Gasteiger partial charge in [-0.2, -0.15) is 0 Å². The zero-order valence-corrected chi connectivity index (χ0v) is 13.2. The zero-order chi connectivity index (χ0) is 14.8. The van der Waals surface area contributed by atoms with Gasteiger partial charge in [-0.3, -0.25) is 4.79 Å². The highest BCUT2D eigenvalue weighted by molar-refractivity contribution is 7.18. The highest BCUT2D eigenvalue weighted by Crippen LogP contribution is 2.31. The van der Waals surface area contributed by atoms with E-state index in [1.54, 1.807) is 0 Å². The van der Waals surface area contributed by atoms with Crippen molar-refractivity contribution in [2.24, 2.45) is 0 Å². The van der Waals surface area contributed by atoms with Crippen LogP contribution in [-0.4, -0.2) is 54.7 Å². The lowest BCUT2D eigenvalue weighted by atomic mass is 10.1. The number of hydrogen-bond acceptors (Lipinski definition) is 6. The number of piperidine rings is 1. The van der Waals surface area contributed by atoms with E-state index < -0.39 is 0 Å². The molecule has 1 aromatic rings. The first-order valence-electron chi connectivity index (χ1n) is 7.57. The van der Waals surface area contributed by atoms with Gasteiger partial charge in [0, 0.05) is 26.2 Å². The van der Waals surface area contributed by atoms with Gasteiger partial charge in [-0.15, -0.1) is 0 Å². The summed E-state index contributed by atoms with van der Waals surface area (Å²) < 4.78 is 5.48. The smallest absolute Gasteiger partial charge is 0.268 e. The fraction of sp³-hybridized carbons (Fsp3) is 0.714. The van der Waals surface area contributed by atoms with Crippen LogP contribution in [0.1, 0.15) is 35.9 Å². The SMILES string of the molecule is CC1CN(C(=O)c2sc(N3CCCCC3)nc2N)CCO1. The minimum atomic E-state index is -0.0107. The number of nitrogens with two attached hydrogens (primary N) is 1. The van der Waals surface area contributed by atoms with Crippen molar-refractivity contribution in [2.75, 3.05) is 43.4 Å². The zero-order valence-electron chi connectivity index (χ0n) is 12.4. The highest BCUT2D eigenvalue weighted by Gasteiger charge is 2.27. The number of thiazole rings is 1. The predicted octanol–water partition coefficient (Wildman–Crippen LogP) is 1.58. The molecule has 2 fully saturated rings. The van der Waals surface area contributed by atoms with E-state index in [2.05, 4.69) is 9.88 Å². The van der Waals surface area contributed by atoms with Crippen LogP contribution in [0.15, 0.2) is 0 Å². The number of carbonyl (C=O) groups is 1. The number of hydrogen-bond donors (Lipinski definition) is 1. The van der Waals surface area contributed by atoms with Crippen molar-refractivity contribution in [1.29, 1.82) is 0 Å². The van der Waals surface area contributed by atoms with Crippen LogP contribution in [-0.2, 0) is 4.74 Å². The lowest BCUT2D eigenvalue weighted by Crippen LogP contribution is -2.44. The number of carbonyl (C=O) groups excluding carboxylic acids is 1. The second-order valence-electron chi connectivity index (χ2n) is 5.69. The summed E-state index contributed by atoms with van der Waals surface area (Å²) in [6, 6.07) is 0. The van der Waals surface area contributed by atoms with Gasteiger partial charge in [0.2, 0.25) is 0 Å². The van der Waals surface area contributed by atoms with E-state index in [1.165, 1.54) is 30.6 Å². The molecule has 1 aromatic heterocycles. The minimum Gasteiger partial charge on any atom is -0.382 e. The summed E-state index contributed by atoms with van der Waals surface area (Å²) in [6.07, 6.45) is 3.72. The summed E-state index contributed by atoms with van der Waals surface area (Å²) in [4.78, 5) is 21.6. The van der Waals surface area contributed by atoms with Crippen LogP contribution in [0.3, 0.4) is 0 Å². The molecule has 3 rings (SSSR count). The molecule has 0 spiro atoms. The van der Waals surface area contributed by atoms with Crippen molar-refractivity contribution in [3.63, 3.8) is 0 Å². The number of nitrogen functional groups attached to an aromatic ring is 1. The standard InChI is InChI=1S/C14H22N4O2S/c1-10-9-18(7-8-20-10)13(19)11-12(15)16-14(21-11)17-5-3-2-4-6-17/h10H,2-9,15H2,1H3. The molecule has 0 aliphatic carbocycles. The summed E-state index contributed by atoms with van der Waals surface area (Å²) in [5, 5.41) is 0.886. The first kappa shape index (κ1) is 14.6. The number of aromatic nitrogens is 1. The predicted molar refractivity (Wildman–Crippen MR) is 83.9 cm³/mol. The van der Waals surface area contributed by atoms with Gasteiger partial charge in [0.15, 0.2) is 5.13 Å². The maximum absolute atomic E-state index is 12.6. The molecule has 1 amide bonds. The number of rotatable bonds is 2. The third-order valence-corrected chi connectivity index (χ3v) is 5.11. The van der Waals surface area contributed by atoms with Gasteiger partial charge < -0.3 is 20.3 Å². The summed E-state index contributed by atoms with van der Waals surface area (Å²) in [7, 11) is 0. The Balaban J connectivity index is 1.75. The van der Waals surface area contributed by atoms with Crippen molar-refractivity contribution in [3.05, 3.63) is 4.88 Å². The van der Waals surface area contributed by atoms with Crippen LogP contribution < -0.4 is 10.6 Å². The van der Waals surface area contributed by atoms with Gasteiger partial charge in [0.1, 0.15) is 10.7 Å². The topological polar surface area (TPSA) is 71.7 Å². The van der Waals surface area contributed by atoms with Gasteiger partial charge in [-0.05, 0) is 26.2 Å². The van der Waals surface area contributed by atoms with Gasteiger partial charge in [-0.1, -0.05) is 11.3 Å². The molecule has 0 saturated carbocycles. The molecule has 0 radical (unpaired) electrons. The Bertz CT molecular complexity index is 513. The Hall–Kier alpha value is -1.34. The fourth-order valence-electron chi connectivity index (χ4n) is 2.84. The van der Waals surface area contributed by atoms with Gasteiger partial charge in [-0.25, -0.2) is 4.98 Å². The first-order valence-corrected chi connectivity index (χ1v) is 8.39. The third kappa shape index (κ3) is 3.13. The van der Waals surface area contributed by atoms with Crippen LogP contribution >= 0.6 is 11.3 Å². The van der Waals surface area contributed by atoms with E-state index in [4.69, 9.17) is 10.5 Å². The van der Waals surface area contributed by atoms with Gasteiger partial charge in [0.25, 0.3) is 5.91 Å². The van der Waals surface area contributed by atoms with E-state index >= 15 is 0 Å². The Labute approximate surface area is 128 Å². The maximum Gasteiger partial charge on any atom is 0.268 e. The van der Waals surface area contributed by atoms with E-state index in [9.17, 15) is 4.79 Å². The number of nitrogens with zero attached hydrogens (tertiary/aromatic N) is 3. The molecular weight excluding hydrogens is 288 g/mol. The molecule has 3 heterocycles. The van der Waals surface area contributed by atoms with Crippen LogP contribution in [0, 0.1) is 0 Å². The van der Waals surface area contributed by atoms with E-state index in [0.29, 0.717) is 30.4 Å². The molecule has 2 aliphatic heterocycles. The normalized spacial score (nSPS) is 23.4. The number of anilines is 2. The van der Waals surface area contributed by atoms with E-state index in [-0.39, 0.29) is 12.0 Å². The Morgan fingerprint density at radius 1 is 1.33 bits per heavy atom. The Morgan fingerprint density at radius 3 is 2.81 bits per heavy atom. The first-order chi connectivity index (χ1) is 10.1. The molecule has 116 valence electrons. The van der Waals surface area contributed by atoms with Crippen LogP contribution in [0.2, 0.25) is 0 Å². The van der Waals surface area contributed by atoms with Crippen molar-refractivity contribution < 1.29 is 9.53 Å². The summed E-state index contributed by atoms with van der Waals surface area (Å²) in [6.45, 7) is 5.83. The van der Waals surface area contributed by atoms with Crippen LogP contribution in [0.25, 0.3) is 0 Å². The van der Waals surface area contributed by atoms with Crippen molar-refractivity contribution in [2.45, 2.75) is 32.3 Å². The highest BCUT2D eigenvalue weighted by atomic mass is 32.1. The molecule has 21 heavy (non-hydrogen) atoms. The second-order valence-corrected chi connectivity index (χ2v) is 6.67. The number of amides is 1. The van der Waals surface area contributed by atoms with E-state index in [1.807, 2.05) is 11.8 Å². The molecule has 1 unspecified atom stereocenters. The third-order valence-electron chi connectivity index (χ3n) is 3.99. The van der Waals surface area contributed by atoms with Gasteiger partial charge in [0.05, 0.1) is 12.7 Å². The minimum absolute atomic E-state index is 0.0107. The molecule has 6 nitrogen and oxygen atoms in total. The molecule has 2 aliphatic rings. The average Bonchev–Trinajstić information content (AvgIpc) is 2.89.